The zero-order valence-corrected chi connectivity index (χ0v) is 17.6. The second-order valence-corrected chi connectivity index (χ2v) is 7.77. The van der Waals surface area contributed by atoms with Crippen LogP contribution in [0, 0.1) is 25.2 Å². The molecule has 154 valence electrons. The van der Waals surface area contributed by atoms with Crippen LogP contribution < -0.4 is 16.0 Å². The van der Waals surface area contributed by atoms with Gasteiger partial charge in [-0.3, -0.25) is 0 Å². The third kappa shape index (κ3) is 3.77. The van der Waals surface area contributed by atoms with Crippen molar-refractivity contribution in [2.75, 3.05) is 43.4 Å². The number of nitrogens with one attached hydrogen (secondary N) is 1. The Labute approximate surface area is 176 Å². The average Bonchev–Trinajstić information content (AvgIpc) is 2.76. The summed E-state index contributed by atoms with van der Waals surface area (Å²) in [5.74, 6) is 1.55. The number of hydrogen-bond donors (Lipinski definition) is 2. The van der Waals surface area contributed by atoms with E-state index in [-0.39, 0.29) is 0 Å². The molecule has 0 radical (unpaired) electrons. The lowest BCUT2D eigenvalue weighted by atomic mass is 10.0. The lowest BCUT2D eigenvalue weighted by Gasteiger charge is -2.33. The predicted octanol–water partition coefficient (Wildman–Crippen LogP) is 2.33. The van der Waals surface area contributed by atoms with Crippen molar-refractivity contribution in [2.45, 2.75) is 20.0 Å². The van der Waals surface area contributed by atoms with E-state index in [9.17, 15) is 5.26 Å². The van der Waals surface area contributed by atoms with Gasteiger partial charge in [-0.05, 0) is 44.2 Å². The van der Waals surface area contributed by atoms with Gasteiger partial charge in [-0.1, -0.05) is 12.1 Å². The van der Waals surface area contributed by atoms with Crippen molar-refractivity contribution in [3.63, 3.8) is 0 Å². The topological polar surface area (TPSA) is 107 Å². The number of pyridine rings is 1. The lowest BCUT2D eigenvalue weighted by Crippen LogP contribution is -2.44. The van der Waals surface area contributed by atoms with E-state index in [0.717, 1.165) is 59.6 Å². The fourth-order valence-electron chi connectivity index (χ4n) is 3.81. The molecule has 0 saturated carbocycles. The molecule has 1 saturated heterocycles. The maximum Gasteiger partial charge on any atom is 0.158 e. The van der Waals surface area contributed by atoms with Crippen molar-refractivity contribution < 1.29 is 0 Å². The molecule has 0 spiro atoms. The van der Waals surface area contributed by atoms with Crippen LogP contribution in [0.1, 0.15) is 28.6 Å². The monoisotopic (exact) mass is 402 g/mol. The Hall–Kier alpha value is -3.28. The maximum absolute atomic E-state index is 9.31. The Morgan fingerprint density at radius 3 is 2.63 bits per heavy atom. The highest BCUT2D eigenvalue weighted by molar-refractivity contribution is 5.94. The molecule has 0 bridgehead atoms. The zero-order valence-electron chi connectivity index (χ0n) is 17.6. The van der Waals surface area contributed by atoms with Crippen LogP contribution in [0.5, 0.6) is 0 Å². The van der Waals surface area contributed by atoms with Crippen LogP contribution in [0.2, 0.25) is 0 Å². The Kier molecular flexibility index (Phi) is 5.48. The van der Waals surface area contributed by atoms with Gasteiger partial charge in [0.05, 0.1) is 17.3 Å². The van der Waals surface area contributed by atoms with Gasteiger partial charge in [0.2, 0.25) is 0 Å². The minimum Gasteiger partial charge on any atom is -0.354 e. The number of rotatable bonds is 4. The number of nitrogens with two attached hydrogens (primary N) is 1. The molecule has 3 heterocycles. The SMILES string of the molecule is Cc1c(C#N)cccc1[C@@H](N)Nc1nnc(C)c2cnc(N3CCN(C)CC3)cc12. The van der Waals surface area contributed by atoms with Gasteiger partial charge in [-0.25, -0.2) is 4.98 Å². The smallest absolute Gasteiger partial charge is 0.158 e. The van der Waals surface area contributed by atoms with Crippen molar-refractivity contribution >= 4 is 22.4 Å². The third-order valence-electron chi connectivity index (χ3n) is 5.79. The summed E-state index contributed by atoms with van der Waals surface area (Å²) in [4.78, 5) is 9.28. The number of aromatic nitrogens is 3. The Morgan fingerprint density at radius 1 is 1.13 bits per heavy atom. The number of nitriles is 1. The molecule has 1 aliphatic rings. The molecule has 1 atom stereocenters. The highest BCUT2D eigenvalue weighted by atomic mass is 15.3. The summed E-state index contributed by atoms with van der Waals surface area (Å²) in [6.07, 6.45) is 1.35. The summed E-state index contributed by atoms with van der Waals surface area (Å²) >= 11 is 0. The average molecular weight is 403 g/mol. The van der Waals surface area contributed by atoms with E-state index < -0.39 is 6.17 Å². The number of likely N-dealkylation sites (N-methyl/N-ethyl adjacent to an activating group) is 1. The summed E-state index contributed by atoms with van der Waals surface area (Å²) in [5.41, 5.74) is 9.62. The molecule has 3 N–H and O–H groups in total. The standard InChI is InChI=1S/C22H26N8/c1-14-16(12-23)5-4-6-17(14)21(24)26-22-18-11-20(30-9-7-29(3)8-10-30)25-13-19(18)15(2)27-28-22/h4-6,11,13,21H,7-10,24H2,1-3H3,(H,26,28)/t21-/m0/s1. The summed E-state index contributed by atoms with van der Waals surface area (Å²) < 4.78 is 0. The number of aryl methyl sites for hydroxylation is 1. The van der Waals surface area contributed by atoms with Crippen LogP contribution >= 0.6 is 0 Å². The van der Waals surface area contributed by atoms with E-state index in [0.29, 0.717) is 11.4 Å². The molecule has 0 aliphatic carbocycles. The van der Waals surface area contributed by atoms with Gasteiger partial charge in [0.1, 0.15) is 12.0 Å². The molecular weight excluding hydrogens is 376 g/mol. The van der Waals surface area contributed by atoms with Crippen molar-refractivity contribution in [3.05, 3.63) is 52.8 Å². The van der Waals surface area contributed by atoms with Gasteiger partial charge in [0, 0.05) is 43.1 Å². The minimum absolute atomic E-state index is 0.515. The number of benzene rings is 1. The number of anilines is 2. The van der Waals surface area contributed by atoms with Gasteiger partial charge in [0.25, 0.3) is 0 Å². The van der Waals surface area contributed by atoms with Crippen LogP contribution in [0.4, 0.5) is 11.6 Å². The van der Waals surface area contributed by atoms with E-state index in [1.165, 1.54) is 0 Å². The molecule has 8 heteroatoms. The maximum atomic E-state index is 9.31. The van der Waals surface area contributed by atoms with Crippen LogP contribution in [0.25, 0.3) is 10.8 Å². The van der Waals surface area contributed by atoms with Gasteiger partial charge in [-0.2, -0.15) is 10.4 Å². The van der Waals surface area contributed by atoms with Crippen LogP contribution in [-0.2, 0) is 0 Å². The van der Waals surface area contributed by atoms with E-state index in [4.69, 9.17) is 5.73 Å². The van der Waals surface area contributed by atoms with E-state index in [1.54, 1.807) is 6.07 Å². The zero-order chi connectivity index (χ0) is 21.3. The second-order valence-electron chi connectivity index (χ2n) is 7.77. The van der Waals surface area contributed by atoms with Gasteiger partial charge < -0.3 is 20.9 Å². The first kappa shape index (κ1) is 20.0. The molecule has 1 aliphatic heterocycles. The molecule has 4 rings (SSSR count). The highest BCUT2D eigenvalue weighted by Gasteiger charge is 2.19. The van der Waals surface area contributed by atoms with Gasteiger partial charge in [-0.15, -0.1) is 5.10 Å². The fraction of sp³-hybridized carbons (Fsp3) is 0.364. The Bertz CT molecular complexity index is 1110. The van der Waals surface area contributed by atoms with Gasteiger partial charge in [0.15, 0.2) is 5.82 Å². The minimum atomic E-state index is -0.515. The molecule has 3 aromatic rings. The summed E-state index contributed by atoms with van der Waals surface area (Å²) in [7, 11) is 2.14. The van der Waals surface area contributed by atoms with Crippen LogP contribution in [0.3, 0.4) is 0 Å². The molecule has 0 amide bonds. The normalized spacial score (nSPS) is 15.8. The second kappa shape index (κ2) is 8.22. The predicted molar refractivity (Wildman–Crippen MR) is 118 cm³/mol. The largest absolute Gasteiger partial charge is 0.354 e. The molecule has 8 nitrogen and oxygen atoms in total. The lowest BCUT2D eigenvalue weighted by molar-refractivity contribution is 0.312. The quantitative estimate of drug-likeness (QED) is 0.641. The van der Waals surface area contributed by atoms with Crippen LogP contribution in [-0.4, -0.2) is 53.3 Å². The van der Waals surface area contributed by atoms with Crippen molar-refractivity contribution in [1.82, 2.24) is 20.1 Å². The molecular formula is C22H26N8. The first-order valence-corrected chi connectivity index (χ1v) is 10.1. The number of piperazine rings is 1. The number of fused-ring (bicyclic) bond motifs is 1. The fourth-order valence-corrected chi connectivity index (χ4v) is 3.81. The number of nitrogens with zero attached hydrogens (tertiary/aromatic N) is 6. The molecule has 2 aromatic heterocycles. The summed E-state index contributed by atoms with van der Waals surface area (Å²) in [6, 6.07) is 9.84. The Balaban J connectivity index is 1.69. The van der Waals surface area contributed by atoms with Crippen molar-refractivity contribution in [3.8, 4) is 6.07 Å². The summed E-state index contributed by atoms with van der Waals surface area (Å²) in [6.45, 7) is 7.74. The molecule has 0 unspecified atom stereocenters. The van der Waals surface area contributed by atoms with E-state index in [2.05, 4.69) is 49.5 Å². The molecule has 1 aromatic carbocycles. The molecule has 1 fully saturated rings. The Morgan fingerprint density at radius 2 is 1.90 bits per heavy atom. The van der Waals surface area contributed by atoms with Crippen LogP contribution in [0.15, 0.2) is 30.5 Å². The van der Waals surface area contributed by atoms with Crippen molar-refractivity contribution in [2.24, 2.45) is 5.73 Å². The first-order chi connectivity index (χ1) is 14.5. The number of hydrogen-bond acceptors (Lipinski definition) is 8. The van der Waals surface area contributed by atoms with Gasteiger partial charge >= 0.3 is 0 Å². The highest BCUT2D eigenvalue weighted by Crippen LogP contribution is 2.29. The van der Waals surface area contributed by atoms with E-state index >= 15 is 0 Å². The third-order valence-corrected chi connectivity index (χ3v) is 5.79. The summed E-state index contributed by atoms with van der Waals surface area (Å²) in [5, 5.41) is 23.2. The van der Waals surface area contributed by atoms with E-state index in [1.807, 2.05) is 32.2 Å². The van der Waals surface area contributed by atoms with Crippen molar-refractivity contribution in [1.29, 1.82) is 5.26 Å². The first-order valence-electron chi connectivity index (χ1n) is 10.1. The molecule has 30 heavy (non-hydrogen) atoms.